The predicted molar refractivity (Wildman–Crippen MR) is 74.6 cm³/mol. The number of nitrogens with one attached hydrogen (secondary N) is 1. The lowest BCUT2D eigenvalue weighted by Crippen LogP contribution is -2.35. The maximum Gasteiger partial charge on any atom is 0.241 e. The molecule has 0 bridgehead atoms. The molecule has 1 aromatic heterocycles. The summed E-state index contributed by atoms with van der Waals surface area (Å²) in [5, 5.41) is 11.2. The smallest absolute Gasteiger partial charge is 0.241 e. The molecule has 1 rings (SSSR count). The van der Waals surface area contributed by atoms with E-state index in [1.807, 2.05) is 0 Å². The van der Waals surface area contributed by atoms with Crippen molar-refractivity contribution >= 4 is 43.1 Å². The normalized spacial score (nSPS) is 14.7. The van der Waals surface area contributed by atoms with Crippen LogP contribution in [-0.2, 0) is 10.0 Å². The van der Waals surface area contributed by atoms with Gasteiger partial charge < -0.3 is 10.9 Å². The van der Waals surface area contributed by atoms with Gasteiger partial charge in [-0.15, -0.1) is 11.3 Å². The monoisotopic (exact) mass is 355 g/mol. The van der Waals surface area contributed by atoms with Gasteiger partial charge in [0.2, 0.25) is 10.0 Å². The van der Waals surface area contributed by atoms with E-state index in [0.29, 0.717) is 4.88 Å². The van der Waals surface area contributed by atoms with Gasteiger partial charge in [0.25, 0.3) is 0 Å². The summed E-state index contributed by atoms with van der Waals surface area (Å²) >= 11 is 4.60. The molecule has 0 aliphatic rings. The number of thiophene rings is 1. The van der Waals surface area contributed by atoms with Crippen LogP contribution in [0.5, 0.6) is 0 Å². The first-order chi connectivity index (χ1) is 8.26. The number of halogens is 1. The number of hydrogen-bond donors (Lipinski definition) is 3. The van der Waals surface area contributed by atoms with Crippen LogP contribution in [0.2, 0.25) is 0 Å². The molecule has 1 heterocycles. The Bertz CT molecular complexity index is 553. The fourth-order valence-corrected chi connectivity index (χ4v) is 5.08. The quantitative estimate of drug-likeness (QED) is 0.323. The van der Waals surface area contributed by atoms with Gasteiger partial charge in [-0.05, 0) is 35.8 Å². The Kier molecular flexibility index (Phi) is 5.14. The highest BCUT2D eigenvalue weighted by Crippen LogP contribution is 2.29. The van der Waals surface area contributed by atoms with Crippen LogP contribution in [0.3, 0.4) is 0 Å². The largest absolute Gasteiger partial charge is 0.409 e. The number of aryl methyl sites for hydroxylation is 1. The van der Waals surface area contributed by atoms with E-state index in [-0.39, 0.29) is 17.2 Å². The summed E-state index contributed by atoms with van der Waals surface area (Å²) in [6.45, 7) is 3.38. The van der Waals surface area contributed by atoms with E-state index in [9.17, 15) is 8.42 Å². The summed E-state index contributed by atoms with van der Waals surface area (Å²) in [6, 6.07) is 1.10. The Labute approximate surface area is 118 Å². The molecule has 1 unspecified atom stereocenters. The summed E-state index contributed by atoms with van der Waals surface area (Å²) in [6.07, 6.45) is 0.139. The lowest BCUT2D eigenvalue weighted by Gasteiger charge is -2.13. The molecule has 0 saturated heterocycles. The molecule has 0 fully saturated rings. The van der Waals surface area contributed by atoms with Crippen molar-refractivity contribution < 1.29 is 13.6 Å². The Hall–Kier alpha value is -0.640. The van der Waals surface area contributed by atoms with Crippen LogP contribution in [0, 0.1) is 6.92 Å². The molecule has 0 saturated carbocycles. The summed E-state index contributed by atoms with van der Waals surface area (Å²) in [7, 11) is -3.58. The van der Waals surface area contributed by atoms with Crippen LogP contribution in [-0.4, -0.2) is 25.5 Å². The minimum atomic E-state index is -3.58. The topological polar surface area (TPSA) is 105 Å². The molecule has 1 aromatic rings. The van der Waals surface area contributed by atoms with E-state index in [0.717, 1.165) is 3.79 Å². The number of hydrogen-bond acceptors (Lipinski definition) is 5. The van der Waals surface area contributed by atoms with E-state index < -0.39 is 16.1 Å². The van der Waals surface area contributed by atoms with Gasteiger partial charge in [0.1, 0.15) is 5.84 Å². The summed E-state index contributed by atoms with van der Waals surface area (Å²) in [4.78, 5) is 0.941. The molecule has 0 aliphatic heterocycles. The molecular formula is C9H14BrN3O3S2. The van der Waals surface area contributed by atoms with Crippen LogP contribution in [0.25, 0.3) is 0 Å². The van der Waals surface area contributed by atoms with Crippen molar-refractivity contribution in [3.63, 3.8) is 0 Å². The second-order valence-electron chi connectivity index (χ2n) is 3.79. The first-order valence-corrected chi connectivity index (χ1v) is 8.10. The third kappa shape index (κ3) is 3.94. The molecule has 0 aliphatic carbocycles. The Morgan fingerprint density at radius 3 is 2.78 bits per heavy atom. The van der Waals surface area contributed by atoms with Gasteiger partial charge in [0.15, 0.2) is 0 Å². The zero-order chi connectivity index (χ0) is 13.9. The van der Waals surface area contributed by atoms with E-state index in [4.69, 9.17) is 10.9 Å². The number of rotatable bonds is 5. The Morgan fingerprint density at radius 2 is 2.33 bits per heavy atom. The van der Waals surface area contributed by atoms with Crippen LogP contribution in [0.4, 0.5) is 0 Å². The Morgan fingerprint density at radius 1 is 1.72 bits per heavy atom. The molecule has 6 nitrogen and oxygen atoms in total. The molecule has 0 aromatic carbocycles. The third-order valence-corrected chi connectivity index (χ3v) is 5.53. The number of amidine groups is 1. The van der Waals surface area contributed by atoms with Crippen LogP contribution >= 0.6 is 27.3 Å². The summed E-state index contributed by atoms with van der Waals surface area (Å²) in [5.74, 6) is -0.0200. The SMILES string of the molecule is Cc1sc(Br)cc1S(=O)(=O)NC(C)CC(N)=NO. The molecule has 4 N–H and O–H groups in total. The third-order valence-electron chi connectivity index (χ3n) is 2.13. The van der Waals surface area contributed by atoms with E-state index in [2.05, 4.69) is 25.8 Å². The number of nitrogens with zero attached hydrogens (tertiary/aromatic N) is 1. The lowest BCUT2D eigenvalue weighted by atomic mass is 10.2. The maximum atomic E-state index is 12.1. The minimum absolute atomic E-state index is 0.0200. The highest BCUT2D eigenvalue weighted by molar-refractivity contribution is 9.11. The first-order valence-electron chi connectivity index (χ1n) is 5.01. The lowest BCUT2D eigenvalue weighted by molar-refractivity contribution is 0.316. The minimum Gasteiger partial charge on any atom is -0.409 e. The summed E-state index contributed by atoms with van der Waals surface area (Å²) in [5.41, 5.74) is 5.33. The molecule has 0 amide bonds. The number of nitrogens with two attached hydrogens (primary N) is 1. The Balaban J connectivity index is 2.86. The van der Waals surface area contributed by atoms with E-state index in [1.165, 1.54) is 11.3 Å². The van der Waals surface area contributed by atoms with Crippen molar-refractivity contribution in [1.82, 2.24) is 4.72 Å². The molecule has 0 spiro atoms. The second-order valence-corrected chi connectivity index (χ2v) is 8.11. The zero-order valence-electron chi connectivity index (χ0n) is 9.84. The zero-order valence-corrected chi connectivity index (χ0v) is 13.1. The maximum absolute atomic E-state index is 12.1. The van der Waals surface area contributed by atoms with Crippen LogP contribution in [0.1, 0.15) is 18.2 Å². The summed E-state index contributed by atoms with van der Waals surface area (Å²) < 4.78 is 27.4. The van der Waals surface area contributed by atoms with Crippen molar-refractivity contribution in [3.05, 3.63) is 14.7 Å². The van der Waals surface area contributed by atoms with Gasteiger partial charge in [-0.3, -0.25) is 0 Å². The molecule has 102 valence electrons. The van der Waals surface area contributed by atoms with Gasteiger partial charge in [-0.1, -0.05) is 5.16 Å². The van der Waals surface area contributed by atoms with Crippen molar-refractivity contribution in [3.8, 4) is 0 Å². The molecule has 9 heteroatoms. The number of sulfonamides is 1. The van der Waals surface area contributed by atoms with Crippen LogP contribution in [0.15, 0.2) is 19.9 Å². The average Bonchev–Trinajstić information content (AvgIpc) is 2.57. The highest BCUT2D eigenvalue weighted by atomic mass is 79.9. The van der Waals surface area contributed by atoms with E-state index >= 15 is 0 Å². The van der Waals surface area contributed by atoms with Crippen molar-refractivity contribution in [2.24, 2.45) is 10.9 Å². The molecule has 0 radical (unpaired) electrons. The fraction of sp³-hybridized carbons (Fsp3) is 0.444. The van der Waals surface area contributed by atoms with Gasteiger partial charge in [-0.25, -0.2) is 13.1 Å². The molecular weight excluding hydrogens is 342 g/mol. The highest BCUT2D eigenvalue weighted by Gasteiger charge is 2.22. The van der Waals surface area contributed by atoms with Gasteiger partial charge in [-0.2, -0.15) is 0 Å². The van der Waals surface area contributed by atoms with Gasteiger partial charge >= 0.3 is 0 Å². The van der Waals surface area contributed by atoms with Gasteiger partial charge in [0, 0.05) is 17.3 Å². The fourth-order valence-electron chi connectivity index (χ4n) is 1.42. The second kappa shape index (κ2) is 6.00. The average molecular weight is 356 g/mol. The van der Waals surface area contributed by atoms with Crippen molar-refractivity contribution in [2.45, 2.75) is 31.2 Å². The first kappa shape index (κ1) is 15.4. The van der Waals surface area contributed by atoms with Crippen molar-refractivity contribution in [2.75, 3.05) is 0 Å². The molecule has 18 heavy (non-hydrogen) atoms. The van der Waals surface area contributed by atoms with Gasteiger partial charge in [0.05, 0.1) is 8.68 Å². The predicted octanol–water partition coefficient (Wildman–Crippen LogP) is 1.62. The van der Waals surface area contributed by atoms with Crippen LogP contribution < -0.4 is 10.5 Å². The van der Waals surface area contributed by atoms with Crippen molar-refractivity contribution in [1.29, 1.82) is 0 Å². The number of oxime groups is 1. The van der Waals surface area contributed by atoms with E-state index in [1.54, 1.807) is 19.9 Å². The standard InChI is InChI=1S/C9H14BrN3O3S2/c1-5(3-9(11)12-14)13-18(15,16)7-4-8(10)17-6(7)2/h4-5,13-14H,3H2,1-2H3,(H2,11,12). The molecule has 1 atom stereocenters.